The van der Waals surface area contributed by atoms with E-state index in [0.717, 1.165) is 12.8 Å². The molecule has 0 aliphatic carbocycles. The molecule has 120 valence electrons. The maximum atomic E-state index is 9.29. The van der Waals surface area contributed by atoms with Crippen LogP contribution in [0.25, 0.3) is 0 Å². The fourth-order valence-electron chi connectivity index (χ4n) is 0.294. The molecule has 0 fully saturated rings. The van der Waals surface area contributed by atoms with E-state index >= 15 is 0 Å². The topological polar surface area (TPSA) is 199 Å². The van der Waals surface area contributed by atoms with E-state index < -0.39 is 33.0 Å². The summed E-state index contributed by atoms with van der Waals surface area (Å²) in [5.74, 6) is 0. The Morgan fingerprint density at radius 2 is 0.957 bits per heavy atom. The van der Waals surface area contributed by atoms with Crippen molar-refractivity contribution in [3.8, 4) is 0 Å². The van der Waals surface area contributed by atoms with Crippen molar-refractivity contribution in [1.29, 1.82) is 0 Å². The van der Waals surface area contributed by atoms with E-state index in [0.29, 0.717) is 6.61 Å². The molecule has 0 aromatic heterocycles. The van der Waals surface area contributed by atoms with Crippen LogP contribution in [-0.4, -0.2) is 11.7 Å². The van der Waals surface area contributed by atoms with Gasteiger partial charge in [-0.15, -0.1) is 0 Å². The molecule has 19 heteroatoms. The van der Waals surface area contributed by atoms with Crippen molar-refractivity contribution in [2.45, 2.75) is 19.8 Å². The van der Waals surface area contributed by atoms with Crippen molar-refractivity contribution in [3.05, 3.63) is 0 Å². The molecule has 0 saturated heterocycles. The zero-order chi connectivity index (χ0) is 15.8. The second-order valence-corrected chi connectivity index (χ2v) is 5.91. The third-order valence-electron chi connectivity index (χ3n) is 0.845. The molecule has 0 heterocycles. The standard InChI is InChI=1S/C4H10O.4Na.2H4O5P2/c1-2-3-4-5;;;;;2*1-6(2)5-7(3)4/h5H,2-4H2,1H3;;;;;2*6-7H,(H,1,2)(H,3,4)/q;4*+1;;/p-4. The molecule has 0 rings (SSSR count). The van der Waals surface area contributed by atoms with Crippen molar-refractivity contribution in [1.82, 2.24) is 0 Å². The van der Waals surface area contributed by atoms with E-state index in [1.54, 1.807) is 0 Å². The monoisotopic (exact) mass is 454 g/mol. The normalized spacial score (nSPS) is 13.1. The molecule has 0 aromatic carbocycles. The maximum Gasteiger partial charge on any atom is 1.00 e. The van der Waals surface area contributed by atoms with Crippen LogP contribution in [0.5, 0.6) is 0 Å². The van der Waals surface area contributed by atoms with Crippen LogP contribution in [0.15, 0.2) is 0 Å². The molecular weight excluding hydrogens is 440 g/mol. The minimum absolute atomic E-state index is 0. The van der Waals surface area contributed by atoms with Gasteiger partial charge in [0.1, 0.15) is 33.0 Å². The number of unbranched alkanes of at least 4 members (excludes halogenated alkanes) is 1. The Bertz CT molecular complexity index is 256. The number of hydrogen-bond donors (Lipinski definition) is 1. The van der Waals surface area contributed by atoms with Crippen LogP contribution in [0.4, 0.5) is 0 Å². The molecule has 11 nitrogen and oxygen atoms in total. The van der Waals surface area contributed by atoms with Crippen LogP contribution in [-0.2, 0) is 26.9 Å². The van der Waals surface area contributed by atoms with E-state index in [4.69, 9.17) is 5.11 Å². The van der Waals surface area contributed by atoms with Crippen molar-refractivity contribution in [2.75, 3.05) is 6.61 Å². The van der Waals surface area contributed by atoms with Crippen molar-refractivity contribution < 1.29 is 170 Å². The van der Waals surface area contributed by atoms with E-state index in [9.17, 15) is 37.8 Å². The molecule has 0 aliphatic rings. The minimum Gasteiger partial charge on any atom is -0.781 e. The predicted molar refractivity (Wildman–Crippen MR) is 60.2 cm³/mol. The summed E-state index contributed by atoms with van der Waals surface area (Å²) >= 11 is 0. The molecule has 0 bridgehead atoms. The first-order valence-corrected chi connectivity index (χ1v) is 9.37. The Labute approximate surface area is 225 Å². The van der Waals surface area contributed by atoms with Gasteiger partial charge in [0.25, 0.3) is 0 Å². The Hall–Kier alpha value is 4.64. The van der Waals surface area contributed by atoms with Crippen LogP contribution in [0.1, 0.15) is 19.8 Å². The minimum atomic E-state index is -3.51. The van der Waals surface area contributed by atoms with Gasteiger partial charge in [-0.25, -0.2) is 0 Å². The van der Waals surface area contributed by atoms with E-state index in [1.165, 1.54) is 0 Å². The first-order chi connectivity index (χ1) is 8.67. The Morgan fingerprint density at radius 3 is 0.957 bits per heavy atom. The summed E-state index contributed by atoms with van der Waals surface area (Å²) in [5, 5.41) is 8.07. The quantitative estimate of drug-likeness (QED) is 0.295. The molecule has 0 spiro atoms. The maximum absolute atomic E-state index is 9.29. The van der Waals surface area contributed by atoms with Crippen LogP contribution in [0.2, 0.25) is 0 Å². The largest absolute Gasteiger partial charge is 1.00 e. The molecule has 1 N–H and O–H groups in total. The zero-order valence-corrected chi connectivity index (χ0v) is 25.7. The van der Waals surface area contributed by atoms with Gasteiger partial charge < -0.3 is 42.9 Å². The number of aliphatic hydroxyl groups excluding tert-OH is 1. The first-order valence-electron chi connectivity index (χ1n) is 4.47. The summed E-state index contributed by atoms with van der Waals surface area (Å²) in [5.41, 5.74) is 0. The van der Waals surface area contributed by atoms with Gasteiger partial charge in [0.2, 0.25) is 0 Å². The Balaban J connectivity index is -0.0000000311. The molecule has 0 saturated carbocycles. The first kappa shape index (κ1) is 46.0. The number of aliphatic hydroxyl groups is 1. The van der Waals surface area contributed by atoms with Gasteiger partial charge in [-0.1, -0.05) is 13.3 Å². The SMILES string of the molecule is CCCCO.O=[PH]([O-])O[PH](=O)[O-].O=[PH]([O-])O[PH](=O)[O-].[Na+].[Na+].[Na+].[Na+]. The second-order valence-electron chi connectivity index (χ2n) is 2.28. The summed E-state index contributed by atoms with van der Waals surface area (Å²) < 4.78 is 43.6. The van der Waals surface area contributed by atoms with Crippen LogP contribution < -0.4 is 138 Å². The average Bonchev–Trinajstić information content (AvgIpc) is 2.15. The van der Waals surface area contributed by atoms with E-state index in [-0.39, 0.29) is 118 Å². The Morgan fingerprint density at radius 1 is 0.739 bits per heavy atom. The van der Waals surface area contributed by atoms with Gasteiger partial charge in [-0.2, -0.15) is 0 Å². The van der Waals surface area contributed by atoms with Crippen molar-refractivity contribution >= 4 is 33.0 Å². The third kappa shape index (κ3) is 75.5. The smallest absolute Gasteiger partial charge is 0.781 e. The fourth-order valence-corrected chi connectivity index (χ4v) is 1.38. The molecule has 0 amide bonds. The van der Waals surface area contributed by atoms with Crippen LogP contribution in [0, 0.1) is 0 Å². The summed E-state index contributed by atoms with van der Waals surface area (Å²) in [4.78, 5) is 37.1. The number of rotatable bonds is 6. The van der Waals surface area contributed by atoms with E-state index in [2.05, 4.69) is 15.5 Å². The summed E-state index contributed by atoms with van der Waals surface area (Å²) in [7, 11) is -14.1. The third-order valence-corrected chi connectivity index (χ3v) is 3.51. The molecule has 0 aliphatic heterocycles. The van der Waals surface area contributed by atoms with Gasteiger partial charge in [0.05, 0.1) is 0 Å². The van der Waals surface area contributed by atoms with Gasteiger partial charge in [-0.3, -0.25) is 8.62 Å². The molecule has 0 aromatic rings. The molecule has 4 atom stereocenters. The van der Waals surface area contributed by atoms with Gasteiger partial charge in [0.15, 0.2) is 0 Å². The molecule has 23 heavy (non-hydrogen) atoms. The zero-order valence-electron chi connectivity index (χ0n) is 13.7. The Kier molecular flexibility index (Phi) is 74.9. The van der Waals surface area contributed by atoms with Crippen LogP contribution in [0.3, 0.4) is 0 Å². The van der Waals surface area contributed by atoms with E-state index in [1.807, 2.05) is 0 Å². The van der Waals surface area contributed by atoms with Gasteiger partial charge in [0, 0.05) is 6.61 Å². The average molecular weight is 454 g/mol. The summed E-state index contributed by atoms with van der Waals surface area (Å²) in [6.45, 7) is 2.40. The van der Waals surface area contributed by atoms with Crippen molar-refractivity contribution in [3.63, 3.8) is 0 Å². The molecule has 4 unspecified atom stereocenters. The number of hydrogen-bond acceptors (Lipinski definition) is 11. The molecular formula is C4H14Na4O11P4. The predicted octanol–water partition coefficient (Wildman–Crippen LogP) is -14.2. The fraction of sp³-hybridized carbons (Fsp3) is 1.00. The summed E-state index contributed by atoms with van der Waals surface area (Å²) in [6.07, 6.45) is 2.04. The van der Waals surface area contributed by atoms with Crippen molar-refractivity contribution in [2.24, 2.45) is 0 Å². The second kappa shape index (κ2) is 37.4. The summed E-state index contributed by atoms with van der Waals surface area (Å²) in [6, 6.07) is 0. The van der Waals surface area contributed by atoms with Crippen LogP contribution >= 0.6 is 33.0 Å². The molecule has 0 radical (unpaired) electrons. The van der Waals surface area contributed by atoms with Gasteiger partial charge >= 0.3 is 118 Å². The van der Waals surface area contributed by atoms with Gasteiger partial charge in [-0.05, 0) is 6.42 Å².